The van der Waals surface area contributed by atoms with Gasteiger partial charge >= 0.3 is 0 Å². The predicted molar refractivity (Wildman–Crippen MR) is 137 cm³/mol. The van der Waals surface area contributed by atoms with Crippen molar-refractivity contribution in [1.29, 1.82) is 0 Å². The van der Waals surface area contributed by atoms with Crippen LogP contribution in [0.5, 0.6) is 11.5 Å². The van der Waals surface area contributed by atoms with E-state index in [0.717, 1.165) is 24.3 Å². The summed E-state index contributed by atoms with van der Waals surface area (Å²) in [6.07, 6.45) is 1.96. The molecule has 0 atom stereocenters. The van der Waals surface area contributed by atoms with Crippen molar-refractivity contribution in [1.82, 2.24) is 10.2 Å². The third kappa shape index (κ3) is 6.27. The Hall–Kier alpha value is -2.02. The van der Waals surface area contributed by atoms with E-state index < -0.39 is 0 Å². The number of ether oxygens (including phenoxy) is 2. The molecule has 0 aromatic heterocycles. The zero-order chi connectivity index (χ0) is 23.5. The molecule has 2 aromatic carbocycles. The molecule has 2 N–H and O–H groups in total. The molecule has 0 saturated carbocycles. The van der Waals surface area contributed by atoms with E-state index >= 15 is 0 Å². The van der Waals surface area contributed by atoms with Crippen molar-refractivity contribution in [3.05, 3.63) is 53.1 Å². The van der Waals surface area contributed by atoms with Crippen LogP contribution in [0.2, 0.25) is 5.02 Å². The van der Waals surface area contributed by atoms with Crippen LogP contribution in [0, 0.1) is 0 Å². The molecule has 0 spiro atoms. The summed E-state index contributed by atoms with van der Waals surface area (Å²) < 4.78 is 10.8. The summed E-state index contributed by atoms with van der Waals surface area (Å²) in [7, 11) is 3.31. The normalized spacial score (nSPS) is 17.5. The Morgan fingerprint density at radius 3 is 2.25 bits per heavy atom. The third-order valence-electron chi connectivity index (χ3n) is 5.79. The number of benzene rings is 2. The summed E-state index contributed by atoms with van der Waals surface area (Å²) in [5, 5.41) is 8.47. The van der Waals surface area contributed by atoms with Crippen molar-refractivity contribution in [2.24, 2.45) is 0 Å². The number of anilines is 1. The van der Waals surface area contributed by atoms with Gasteiger partial charge in [0.25, 0.3) is 0 Å². The molecule has 3 rings (SSSR count). The van der Waals surface area contributed by atoms with Gasteiger partial charge in [0.1, 0.15) is 11.5 Å². The number of rotatable bonds is 6. The van der Waals surface area contributed by atoms with Crippen LogP contribution in [-0.4, -0.2) is 41.4 Å². The van der Waals surface area contributed by atoms with E-state index in [1.807, 2.05) is 24.3 Å². The summed E-state index contributed by atoms with van der Waals surface area (Å²) in [5.41, 5.74) is 1.97. The van der Waals surface area contributed by atoms with Gasteiger partial charge in [0.05, 0.1) is 19.9 Å². The molecule has 1 heterocycles. The molecule has 0 unspecified atom stereocenters. The fourth-order valence-corrected chi connectivity index (χ4v) is 5.22. The van der Waals surface area contributed by atoms with Gasteiger partial charge in [-0.3, -0.25) is 0 Å². The van der Waals surface area contributed by atoms with Gasteiger partial charge in [0, 0.05) is 34.8 Å². The lowest BCUT2D eigenvalue weighted by Gasteiger charge is -2.50. The SMILES string of the molecule is COc1ccc(CN(C(=S)Nc2ccc(Cl)cc2OC)C2CC(C)(C)NC(C)(C)C2)cc1. The van der Waals surface area contributed by atoms with Crippen molar-refractivity contribution in [2.75, 3.05) is 19.5 Å². The van der Waals surface area contributed by atoms with E-state index in [2.05, 4.69) is 55.4 Å². The lowest BCUT2D eigenvalue weighted by molar-refractivity contribution is 0.101. The highest BCUT2D eigenvalue weighted by molar-refractivity contribution is 7.80. The molecule has 1 aliphatic rings. The topological polar surface area (TPSA) is 45.8 Å². The third-order valence-corrected chi connectivity index (χ3v) is 6.36. The Labute approximate surface area is 202 Å². The molecule has 1 aliphatic heterocycles. The van der Waals surface area contributed by atoms with Crippen LogP contribution in [0.15, 0.2) is 42.5 Å². The average molecular weight is 476 g/mol. The Balaban J connectivity index is 1.91. The highest BCUT2D eigenvalue weighted by atomic mass is 35.5. The van der Waals surface area contributed by atoms with Crippen LogP contribution in [0.4, 0.5) is 5.69 Å². The zero-order valence-electron chi connectivity index (χ0n) is 19.8. The second kappa shape index (κ2) is 9.86. The van der Waals surface area contributed by atoms with Gasteiger partial charge in [0.15, 0.2) is 5.11 Å². The monoisotopic (exact) mass is 475 g/mol. The summed E-state index contributed by atoms with van der Waals surface area (Å²) in [4.78, 5) is 2.30. The maximum absolute atomic E-state index is 6.14. The molecule has 32 heavy (non-hydrogen) atoms. The number of thiocarbonyl (C=S) groups is 1. The number of piperidine rings is 1. The van der Waals surface area contributed by atoms with Gasteiger partial charge < -0.3 is 25.0 Å². The molecule has 174 valence electrons. The maximum Gasteiger partial charge on any atom is 0.174 e. The minimum Gasteiger partial charge on any atom is -0.497 e. The van der Waals surface area contributed by atoms with E-state index in [9.17, 15) is 0 Å². The van der Waals surface area contributed by atoms with E-state index in [4.69, 9.17) is 33.3 Å². The second-order valence-corrected chi connectivity index (χ2v) is 10.5. The number of hydrogen-bond acceptors (Lipinski definition) is 4. The van der Waals surface area contributed by atoms with Crippen molar-refractivity contribution in [2.45, 2.75) is 64.2 Å². The quantitative estimate of drug-likeness (QED) is 0.510. The number of hydrogen-bond donors (Lipinski definition) is 2. The number of nitrogens with zero attached hydrogens (tertiary/aromatic N) is 1. The molecule has 5 nitrogen and oxygen atoms in total. The highest BCUT2D eigenvalue weighted by Gasteiger charge is 2.40. The van der Waals surface area contributed by atoms with Crippen LogP contribution in [0.1, 0.15) is 46.1 Å². The first-order valence-corrected chi connectivity index (χ1v) is 11.6. The Morgan fingerprint density at radius 1 is 1.06 bits per heavy atom. The molecular formula is C25H34ClN3O2S. The fourth-order valence-electron chi connectivity index (χ4n) is 4.74. The number of methoxy groups -OCH3 is 2. The number of nitrogens with one attached hydrogen (secondary N) is 2. The fraction of sp³-hybridized carbons (Fsp3) is 0.480. The van der Waals surface area contributed by atoms with E-state index in [0.29, 0.717) is 22.4 Å². The lowest BCUT2D eigenvalue weighted by atomic mass is 9.79. The van der Waals surface area contributed by atoms with Gasteiger partial charge in [-0.2, -0.15) is 0 Å². The van der Waals surface area contributed by atoms with Crippen molar-refractivity contribution >= 4 is 34.6 Å². The van der Waals surface area contributed by atoms with Crippen molar-refractivity contribution in [3.63, 3.8) is 0 Å². The van der Waals surface area contributed by atoms with E-state index in [1.165, 1.54) is 5.56 Å². The van der Waals surface area contributed by atoms with Gasteiger partial charge in [-0.1, -0.05) is 23.7 Å². The van der Waals surface area contributed by atoms with Crippen molar-refractivity contribution < 1.29 is 9.47 Å². The van der Waals surface area contributed by atoms with Crippen LogP contribution < -0.4 is 20.1 Å². The summed E-state index contributed by atoms with van der Waals surface area (Å²) in [6.45, 7) is 9.72. The summed E-state index contributed by atoms with van der Waals surface area (Å²) >= 11 is 12.1. The molecule has 0 radical (unpaired) electrons. The smallest absolute Gasteiger partial charge is 0.174 e. The molecule has 7 heteroatoms. The summed E-state index contributed by atoms with van der Waals surface area (Å²) in [6, 6.07) is 13.9. The summed E-state index contributed by atoms with van der Waals surface area (Å²) in [5.74, 6) is 1.51. The molecule has 2 aromatic rings. The largest absolute Gasteiger partial charge is 0.497 e. The van der Waals surface area contributed by atoms with Crippen molar-refractivity contribution in [3.8, 4) is 11.5 Å². The minimum atomic E-state index is -0.00184. The Kier molecular flexibility index (Phi) is 7.58. The minimum absolute atomic E-state index is 0.00184. The standard InChI is InChI=1S/C25H34ClN3O2S/c1-24(2)14-19(15-25(3,4)28-24)29(16-17-7-10-20(30-5)11-8-17)23(32)27-21-12-9-18(26)13-22(21)31-6/h7-13,19,28H,14-16H2,1-6H3,(H,27,32). The van der Waals surface area contributed by atoms with E-state index in [1.54, 1.807) is 20.3 Å². The molecule has 1 saturated heterocycles. The lowest BCUT2D eigenvalue weighted by Crippen LogP contribution is -2.63. The first kappa shape index (κ1) is 24.6. The molecule has 0 amide bonds. The highest BCUT2D eigenvalue weighted by Crippen LogP contribution is 2.34. The van der Waals surface area contributed by atoms with Gasteiger partial charge in [-0.15, -0.1) is 0 Å². The van der Waals surface area contributed by atoms with E-state index in [-0.39, 0.29) is 17.1 Å². The molecular weight excluding hydrogens is 442 g/mol. The number of halogens is 1. The Morgan fingerprint density at radius 2 is 1.69 bits per heavy atom. The van der Waals surface area contributed by atoms with Crippen LogP contribution in [-0.2, 0) is 6.54 Å². The first-order chi connectivity index (χ1) is 15.0. The van der Waals surface area contributed by atoms with Crippen LogP contribution in [0.3, 0.4) is 0 Å². The van der Waals surface area contributed by atoms with Gasteiger partial charge in [-0.05, 0) is 82.6 Å². The molecule has 1 fully saturated rings. The second-order valence-electron chi connectivity index (χ2n) is 9.71. The predicted octanol–water partition coefficient (Wildman–Crippen LogP) is 5.87. The average Bonchev–Trinajstić information content (AvgIpc) is 2.71. The molecule has 0 bridgehead atoms. The van der Waals surface area contributed by atoms with Crippen LogP contribution >= 0.6 is 23.8 Å². The molecule has 0 aliphatic carbocycles. The maximum atomic E-state index is 6.14. The van der Waals surface area contributed by atoms with Gasteiger partial charge in [0.2, 0.25) is 0 Å². The first-order valence-electron chi connectivity index (χ1n) is 10.9. The van der Waals surface area contributed by atoms with Crippen LogP contribution in [0.25, 0.3) is 0 Å². The Bertz CT molecular complexity index is 931. The zero-order valence-corrected chi connectivity index (χ0v) is 21.4. The van der Waals surface area contributed by atoms with Gasteiger partial charge in [-0.25, -0.2) is 0 Å².